The van der Waals surface area contributed by atoms with Crippen LogP contribution < -0.4 is 4.74 Å². The van der Waals surface area contributed by atoms with Gasteiger partial charge >= 0.3 is 0 Å². The average molecular weight is 226 g/mol. The monoisotopic (exact) mass is 226 g/mol. The van der Waals surface area contributed by atoms with Gasteiger partial charge in [0.05, 0.1) is 6.61 Å². The summed E-state index contributed by atoms with van der Waals surface area (Å²) in [7, 11) is 0. The zero-order valence-electron chi connectivity index (χ0n) is 10.4. The Morgan fingerprint density at radius 3 is 1.94 bits per heavy atom. The van der Waals surface area contributed by atoms with Gasteiger partial charge in [-0.1, -0.05) is 62.4 Å². The molecule has 0 fully saturated rings. The van der Waals surface area contributed by atoms with Gasteiger partial charge in [0.15, 0.2) is 0 Å². The standard InChI is InChI=1S/C16H18O/c1-16(2,14-9-5-3-6-10-14)13-17-15-11-7-4-8-12-15/h3-12H,13H2,1-2H3. The SMILES string of the molecule is CC(C)(COc1ccccc1)c1ccccc1. The van der Waals surface area contributed by atoms with Crippen LogP contribution in [0.3, 0.4) is 0 Å². The molecule has 17 heavy (non-hydrogen) atoms. The summed E-state index contributed by atoms with van der Waals surface area (Å²) in [4.78, 5) is 0. The Bertz CT molecular complexity index is 445. The lowest BCUT2D eigenvalue weighted by atomic mass is 9.86. The van der Waals surface area contributed by atoms with Crippen LogP contribution in [0, 0.1) is 0 Å². The molecule has 0 saturated heterocycles. The van der Waals surface area contributed by atoms with Crippen molar-refractivity contribution in [2.45, 2.75) is 19.3 Å². The van der Waals surface area contributed by atoms with Crippen molar-refractivity contribution >= 4 is 0 Å². The van der Waals surface area contributed by atoms with E-state index in [9.17, 15) is 0 Å². The van der Waals surface area contributed by atoms with Crippen LogP contribution in [0.25, 0.3) is 0 Å². The van der Waals surface area contributed by atoms with Crippen LogP contribution in [0.15, 0.2) is 60.7 Å². The van der Waals surface area contributed by atoms with Crippen LogP contribution in [0.1, 0.15) is 19.4 Å². The molecule has 0 aliphatic rings. The molecule has 0 bridgehead atoms. The van der Waals surface area contributed by atoms with Crippen LogP contribution >= 0.6 is 0 Å². The molecule has 88 valence electrons. The van der Waals surface area contributed by atoms with Crippen molar-refractivity contribution in [3.63, 3.8) is 0 Å². The maximum atomic E-state index is 5.83. The Hall–Kier alpha value is -1.76. The number of ether oxygens (including phenoxy) is 1. The van der Waals surface area contributed by atoms with Gasteiger partial charge in [-0.05, 0) is 17.7 Å². The molecule has 0 aliphatic heterocycles. The molecule has 0 spiro atoms. The first-order chi connectivity index (χ1) is 8.18. The number of rotatable bonds is 4. The van der Waals surface area contributed by atoms with Gasteiger partial charge in [-0.3, -0.25) is 0 Å². The molecule has 0 aliphatic carbocycles. The average Bonchev–Trinajstić information content (AvgIpc) is 2.39. The number of benzene rings is 2. The van der Waals surface area contributed by atoms with E-state index in [0.29, 0.717) is 6.61 Å². The zero-order chi connectivity index (χ0) is 12.1. The molecule has 0 aromatic heterocycles. The van der Waals surface area contributed by atoms with Gasteiger partial charge in [-0.25, -0.2) is 0 Å². The second-order valence-corrected chi connectivity index (χ2v) is 4.85. The Kier molecular flexibility index (Phi) is 3.48. The van der Waals surface area contributed by atoms with Gasteiger partial charge in [0.1, 0.15) is 5.75 Å². The Morgan fingerprint density at radius 2 is 1.35 bits per heavy atom. The van der Waals surface area contributed by atoms with E-state index < -0.39 is 0 Å². The van der Waals surface area contributed by atoms with Crippen molar-refractivity contribution in [3.8, 4) is 5.75 Å². The minimum absolute atomic E-state index is 0.0249. The first-order valence-electron chi connectivity index (χ1n) is 5.92. The lowest BCUT2D eigenvalue weighted by Gasteiger charge is -2.25. The highest BCUT2D eigenvalue weighted by atomic mass is 16.5. The lowest BCUT2D eigenvalue weighted by Crippen LogP contribution is -2.26. The Labute approximate surface area is 103 Å². The largest absolute Gasteiger partial charge is 0.493 e. The molecule has 0 amide bonds. The van der Waals surface area contributed by atoms with E-state index in [4.69, 9.17) is 4.74 Å². The molecular weight excluding hydrogens is 208 g/mol. The fourth-order valence-electron chi connectivity index (χ4n) is 1.75. The van der Waals surface area contributed by atoms with Crippen molar-refractivity contribution in [1.82, 2.24) is 0 Å². The number of hydrogen-bond donors (Lipinski definition) is 0. The van der Waals surface area contributed by atoms with E-state index in [0.717, 1.165) is 5.75 Å². The minimum atomic E-state index is 0.0249. The fourth-order valence-corrected chi connectivity index (χ4v) is 1.75. The quantitative estimate of drug-likeness (QED) is 0.764. The molecule has 2 aromatic rings. The molecular formula is C16H18O. The second-order valence-electron chi connectivity index (χ2n) is 4.85. The highest BCUT2D eigenvalue weighted by Gasteiger charge is 2.21. The van der Waals surface area contributed by atoms with Crippen LogP contribution in [-0.4, -0.2) is 6.61 Å². The smallest absolute Gasteiger partial charge is 0.119 e. The van der Waals surface area contributed by atoms with Crippen molar-refractivity contribution in [2.24, 2.45) is 0 Å². The van der Waals surface area contributed by atoms with Crippen LogP contribution in [0.4, 0.5) is 0 Å². The normalized spacial score (nSPS) is 11.2. The van der Waals surface area contributed by atoms with Gasteiger partial charge < -0.3 is 4.74 Å². The third-order valence-corrected chi connectivity index (χ3v) is 2.90. The van der Waals surface area contributed by atoms with Gasteiger partial charge in [-0.2, -0.15) is 0 Å². The maximum Gasteiger partial charge on any atom is 0.119 e. The predicted octanol–water partition coefficient (Wildman–Crippen LogP) is 4.04. The molecule has 0 N–H and O–H groups in total. The molecule has 1 nitrogen and oxygen atoms in total. The van der Waals surface area contributed by atoms with Crippen LogP contribution in [0.2, 0.25) is 0 Å². The zero-order valence-corrected chi connectivity index (χ0v) is 10.4. The number of hydrogen-bond acceptors (Lipinski definition) is 1. The van der Waals surface area contributed by atoms with Gasteiger partial charge in [-0.15, -0.1) is 0 Å². The number of para-hydroxylation sites is 1. The summed E-state index contributed by atoms with van der Waals surface area (Å²) in [5.41, 5.74) is 1.33. The third kappa shape index (κ3) is 3.10. The van der Waals surface area contributed by atoms with E-state index in [1.165, 1.54) is 5.56 Å². The van der Waals surface area contributed by atoms with Crippen LogP contribution in [-0.2, 0) is 5.41 Å². The van der Waals surface area contributed by atoms with E-state index in [1.54, 1.807) is 0 Å². The van der Waals surface area contributed by atoms with Gasteiger partial charge in [0, 0.05) is 5.41 Å². The summed E-state index contributed by atoms with van der Waals surface area (Å²) in [6, 6.07) is 20.4. The fraction of sp³-hybridized carbons (Fsp3) is 0.250. The third-order valence-electron chi connectivity index (χ3n) is 2.90. The topological polar surface area (TPSA) is 9.23 Å². The summed E-state index contributed by atoms with van der Waals surface area (Å²) < 4.78 is 5.83. The first kappa shape index (κ1) is 11.7. The molecule has 0 atom stereocenters. The summed E-state index contributed by atoms with van der Waals surface area (Å²) >= 11 is 0. The maximum absolute atomic E-state index is 5.83. The first-order valence-corrected chi connectivity index (χ1v) is 5.92. The Morgan fingerprint density at radius 1 is 0.824 bits per heavy atom. The van der Waals surface area contributed by atoms with E-state index in [-0.39, 0.29) is 5.41 Å². The molecule has 0 saturated carbocycles. The molecule has 0 radical (unpaired) electrons. The molecule has 0 unspecified atom stereocenters. The van der Waals surface area contributed by atoms with Crippen LogP contribution in [0.5, 0.6) is 5.75 Å². The highest BCUT2D eigenvalue weighted by molar-refractivity contribution is 5.25. The summed E-state index contributed by atoms with van der Waals surface area (Å²) in [6.07, 6.45) is 0. The summed E-state index contributed by atoms with van der Waals surface area (Å²) in [5, 5.41) is 0. The van der Waals surface area contributed by atoms with E-state index >= 15 is 0 Å². The van der Waals surface area contributed by atoms with Crippen molar-refractivity contribution in [3.05, 3.63) is 66.2 Å². The second kappa shape index (κ2) is 5.05. The molecule has 2 aromatic carbocycles. The van der Waals surface area contributed by atoms with E-state index in [1.807, 2.05) is 36.4 Å². The predicted molar refractivity (Wildman–Crippen MR) is 71.4 cm³/mol. The van der Waals surface area contributed by atoms with Crippen molar-refractivity contribution in [2.75, 3.05) is 6.61 Å². The van der Waals surface area contributed by atoms with Gasteiger partial charge in [0.25, 0.3) is 0 Å². The summed E-state index contributed by atoms with van der Waals surface area (Å²) in [5.74, 6) is 0.927. The lowest BCUT2D eigenvalue weighted by molar-refractivity contribution is 0.240. The van der Waals surface area contributed by atoms with Gasteiger partial charge in [0.2, 0.25) is 0 Å². The summed E-state index contributed by atoms with van der Waals surface area (Å²) in [6.45, 7) is 5.08. The molecule has 0 heterocycles. The Balaban J connectivity index is 2.03. The highest BCUT2D eigenvalue weighted by Crippen LogP contribution is 2.24. The van der Waals surface area contributed by atoms with E-state index in [2.05, 4.69) is 38.1 Å². The minimum Gasteiger partial charge on any atom is -0.493 e. The molecule has 2 rings (SSSR count). The van der Waals surface area contributed by atoms with Crippen molar-refractivity contribution < 1.29 is 4.74 Å². The van der Waals surface area contributed by atoms with Crippen molar-refractivity contribution in [1.29, 1.82) is 0 Å². The molecule has 1 heteroatoms.